The van der Waals surface area contributed by atoms with Gasteiger partial charge in [-0.3, -0.25) is 14.6 Å². The standard InChI is InChI=1S/C26H28N4O4S/c31-25(23-12-6-7-17-27-23)29-24(18-19-8-2-1-3-9-19)26(32)28-20-13-15-22(16-14-20)35(33,34)30-21-10-4-5-11-21/h1-3,6-9,12-17,21,24,30H,4-5,10-11,18H2,(H,28,32)(H,29,31). The van der Waals surface area contributed by atoms with Crippen molar-refractivity contribution in [2.45, 2.75) is 49.1 Å². The zero-order chi connectivity index (χ0) is 24.7. The van der Waals surface area contributed by atoms with E-state index in [0.29, 0.717) is 5.69 Å². The summed E-state index contributed by atoms with van der Waals surface area (Å²) in [5.74, 6) is -0.876. The van der Waals surface area contributed by atoms with Crippen LogP contribution in [0.5, 0.6) is 0 Å². The summed E-state index contributed by atoms with van der Waals surface area (Å²) >= 11 is 0. The highest BCUT2D eigenvalue weighted by atomic mass is 32.2. The van der Waals surface area contributed by atoms with Crippen LogP contribution in [0.25, 0.3) is 0 Å². The van der Waals surface area contributed by atoms with E-state index >= 15 is 0 Å². The second kappa shape index (κ2) is 11.2. The zero-order valence-electron chi connectivity index (χ0n) is 19.2. The van der Waals surface area contributed by atoms with Crippen LogP contribution in [-0.4, -0.2) is 37.3 Å². The molecule has 1 atom stereocenters. The van der Waals surface area contributed by atoms with Gasteiger partial charge in [-0.1, -0.05) is 49.2 Å². The maximum atomic E-state index is 13.1. The number of hydrogen-bond acceptors (Lipinski definition) is 5. The molecule has 182 valence electrons. The molecule has 3 N–H and O–H groups in total. The number of rotatable bonds is 9. The highest BCUT2D eigenvalue weighted by molar-refractivity contribution is 7.89. The van der Waals surface area contributed by atoms with E-state index in [-0.39, 0.29) is 23.1 Å². The van der Waals surface area contributed by atoms with E-state index in [1.54, 1.807) is 30.3 Å². The van der Waals surface area contributed by atoms with Gasteiger partial charge in [0.05, 0.1) is 4.90 Å². The summed E-state index contributed by atoms with van der Waals surface area (Å²) in [6.45, 7) is 0. The Morgan fingerprint density at radius 2 is 1.60 bits per heavy atom. The molecule has 2 aromatic carbocycles. The van der Waals surface area contributed by atoms with Crippen molar-refractivity contribution >= 4 is 27.5 Å². The topological polar surface area (TPSA) is 117 Å². The maximum Gasteiger partial charge on any atom is 0.270 e. The third kappa shape index (κ3) is 6.74. The molecule has 1 aromatic heterocycles. The summed E-state index contributed by atoms with van der Waals surface area (Å²) in [5.41, 5.74) is 1.52. The van der Waals surface area contributed by atoms with Gasteiger partial charge < -0.3 is 10.6 Å². The van der Waals surface area contributed by atoms with Crippen LogP contribution in [0, 0.1) is 0 Å². The first-order valence-electron chi connectivity index (χ1n) is 11.6. The first-order valence-corrected chi connectivity index (χ1v) is 13.1. The van der Waals surface area contributed by atoms with Gasteiger partial charge in [-0.25, -0.2) is 13.1 Å². The molecule has 1 heterocycles. The number of nitrogens with one attached hydrogen (secondary N) is 3. The summed E-state index contributed by atoms with van der Waals surface area (Å²) in [4.78, 5) is 30.0. The number of sulfonamides is 1. The molecule has 0 bridgehead atoms. The zero-order valence-corrected chi connectivity index (χ0v) is 20.0. The van der Waals surface area contributed by atoms with Crippen LogP contribution in [0.4, 0.5) is 5.69 Å². The molecular weight excluding hydrogens is 464 g/mol. The van der Waals surface area contributed by atoms with Gasteiger partial charge in [-0.05, 0) is 54.8 Å². The number of aromatic nitrogens is 1. The average Bonchev–Trinajstić information content (AvgIpc) is 3.37. The number of carbonyl (C=O) groups is 2. The second-order valence-electron chi connectivity index (χ2n) is 8.55. The van der Waals surface area contributed by atoms with Gasteiger partial charge >= 0.3 is 0 Å². The third-order valence-corrected chi connectivity index (χ3v) is 7.45. The molecule has 1 aliphatic carbocycles. The van der Waals surface area contributed by atoms with Gasteiger partial charge in [0.25, 0.3) is 5.91 Å². The molecule has 1 unspecified atom stereocenters. The second-order valence-corrected chi connectivity index (χ2v) is 10.3. The van der Waals surface area contributed by atoms with Crippen molar-refractivity contribution in [2.24, 2.45) is 0 Å². The molecule has 0 aliphatic heterocycles. The van der Waals surface area contributed by atoms with Crippen molar-refractivity contribution in [3.05, 3.63) is 90.3 Å². The van der Waals surface area contributed by atoms with Crippen molar-refractivity contribution in [3.8, 4) is 0 Å². The van der Waals surface area contributed by atoms with Gasteiger partial charge in [0, 0.05) is 24.3 Å². The van der Waals surface area contributed by atoms with Crippen LogP contribution in [0.3, 0.4) is 0 Å². The Morgan fingerprint density at radius 1 is 0.914 bits per heavy atom. The number of pyridine rings is 1. The number of anilines is 1. The fourth-order valence-electron chi connectivity index (χ4n) is 4.07. The summed E-state index contributed by atoms with van der Waals surface area (Å²) in [6, 6.07) is 19.5. The third-order valence-electron chi connectivity index (χ3n) is 5.91. The lowest BCUT2D eigenvalue weighted by Crippen LogP contribution is -2.45. The van der Waals surface area contributed by atoms with Gasteiger partial charge in [-0.2, -0.15) is 0 Å². The van der Waals surface area contributed by atoms with E-state index in [2.05, 4.69) is 20.3 Å². The van der Waals surface area contributed by atoms with Gasteiger partial charge in [-0.15, -0.1) is 0 Å². The Balaban J connectivity index is 1.46. The molecule has 35 heavy (non-hydrogen) atoms. The minimum atomic E-state index is -3.62. The Morgan fingerprint density at radius 3 is 2.26 bits per heavy atom. The number of nitrogens with zero attached hydrogens (tertiary/aromatic N) is 1. The predicted octanol–water partition coefficient (Wildman–Crippen LogP) is 3.28. The molecule has 4 rings (SSSR count). The van der Waals surface area contributed by atoms with E-state index < -0.39 is 27.9 Å². The molecule has 3 aromatic rings. The van der Waals surface area contributed by atoms with Gasteiger partial charge in [0.1, 0.15) is 11.7 Å². The maximum absolute atomic E-state index is 13.1. The molecule has 1 saturated carbocycles. The Bertz CT molecular complexity index is 1240. The summed E-state index contributed by atoms with van der Waals surface area (Å²) in [6.07, 6.45) is 5.54. The van der Waals surface area contributed by atoms with Crippen LogP contribution in [-0.2, 0) is 21.2 Å². The first-order chi connectivity index (χ1) is 16.9. The van der Waals surface area contributed by atoms with Gasteiger partial charge in [0.15, 0.2) is 0 Å². The minimum absolute atomic E-state index is 0.0270. The van der Waals surface area contributed by atoms with Crippen molar-refractivity contribution < 1.29 is 18.0 Å². The first kappa shape index (κ1) is 24.6. The Labute approximate surface area is 205 Å². The normalized spacial score (nSPS) is 14.9. The largest absolute Gasteiger partial charge is 0.339 e. The number of hydrogen-bond donors (Lipinski definition) is 3. The highest BCUT2D eigenvalue weighted by Gasteiger charge is 2.24. The summed E-state index contributed by atoms with van der Waals surface area (Å²) in [5, 5.41) is 5.54. The van der Waals surface area contributed by atoms with Crippen LogP contribution < -0.4 is 15.4 Å². The minimum Gasteiger partial charge on any atom is -0.339 e. The fourth-order valence-corrected chi connectivity index (χ4v) is 5.37. The lowest BCUT2D eigenvalue weighted by molar-refractivity contribution is -0.118. The molecule has 8 nitrogen and oxygen atoms in total. The van der Waals surface area contributed by atoms with E-state index in [4.69, 9.17) is 0 Å². The fraction of sp³-hybridized carbons (Fsp3) is 0.269. The lowest BCUT2D eigenvalue weighted by atomic mass is 10.0. The Kier molecular flexibility index (Phi) is 7.89. The van der Waals surface area contributed by atoms with Gasteiger partial charge in [0.2, 0.25) is 15.9 Å². The monoisotopic (exact) mass is 492 g/mol. The van der Waals surface area contributed by atoms with Crippen molar-refractivity contribution in [2.75, 3.05) is 5.32 Å². The molecule has 0 saturated heterocycles. The molecule has 0 spiro atoms. The molecule has 1 aliphatic rings. The summed E-state index contributed by atoms with van der Waals surface area (Å²) in [7, 11) is -3.62. The highest BCUT2D eigenvalue weighted by Crippen LogP contribution is 2.21. The number of benzene rings is 2. The average molecular weight is 493 g/mol. The SMILES string of the molecule is O=C(NC(Cc1ccccc1)C(=O)Nc1ccc(S(=O)(=O)NC2CCCC2)cc1)c1ccccn1. The van der Waals surface area contributed by atoms with Crippen LogP contribution in [0.1, 0.15) is 41.7 Å². The lowest BCUT2D eigenvalue weighted by Gasteiger charge is -2.19. The predicted molar refractivity (Wildman–Crippen MR) is 133 cm³/mol. The van der Waals surface area contributed by atoms with E-state index in [9.17, 15) is 18.0 Å². The number of carbonyl (C=O) groups excluding carboxylic acids is 2. The molecular formula is C26H28N4O4S. The Hall–Kier alpha value is -3.56. The van der Waals surface area contributed by atoms with Crippen LogP contribution >= 0.6 is 0 Å². The molecule has 1 fully saturated rings. The van der Waals surface area contributed by atoms with Crippen LogP contribution in [0.2, 0.25) is 0 Å². The van der Waals surface area contributed by atoms with E-state index in [0.717, 1.165) is 31.2 Å². The van der Waals surface area contributed by atoms with Crippen molar-refractivity contribution in [1.82, 2.24) is 15.0 Å². The quantitative estimate of drug-likeness (QED) is 0.424. The molecule has 0 radical (unpaired) electrons. The van der Waals surface area contributed by atoms with Crippen molar-refractivity contribution in [1.29, 1.82) is 0 Å². The smallest absolute Gasteiger partial charge is 0.270 e. The molecule has 2 amide bonds. The number of amides is 2. The summed E-state index contributed by atoms with van der Waals surface area (Å²) < 4.78 is 28.0. The van der Waals surface area contributed by atoms with E-state index in [1.165, 1.54) is 18.3 Å². The van der Waals surface area contributed by atoms with Crippen molar-refractivity contribution in [3.63, 3.8) is 0 Å². The molecule has 9 heteroatoms. The van der Waals surface area contributed by atoms with Crippen LogP contribution in [0.15, 0.2) is 83.9 Å². The van der Waals surface area contributed by atoms with E-state index in [1.807, 2.05) is 30.3 Å².